The zero-order valence-corrected chi connectivity index (χ0v) is 15.3. The van der Waals surface area contributed by atoms with Crippen molar-refractivity contribution in [1.29, 1.82) is 0 Å². The lowest BCUT2D eigenvalue weighted by molar-refractivity contribution is -0.122. The number of carbonyl (C=O) groups excluding carboxylic acids is 3. The Morgan fingerprint density at radius 2 is 1.48 bits per heavy atom. The maximum Gasteiger partial charge on any atom is 0.408 e. The summed E-state index contributed by atoms with van der Waals surface area (Å²) in [5, 5.41) is 7.70. The maximum absolute atomic E-state index is 11.8. The number of rotatable bonds is 7. The average Bonchev–Trinajstić information content (AvgIpc) is 2.50. The van der Waals surface area contributed by atoms with Gasteiger partial charge in [-0.25, -0.2) is 4.79 Å². The van der Waals surface area contributed by atoms with Crippen molar-refractivity contribution in [1.82, 2.24) is 16.0 Å². The third-order valence-corrected chi connectivity index (χ3v) is 3.05. The fourth-order valence-corrected chi connectivity index (χ4v) is 1.89. The van der Waals surface area contributed by atoms with Crippen LogP contribution in [-0.2, 0) is 20.7 Å². The highest BCUT2D eigenvalue weighted by Gasteiger charge is 2.16. The van der Waals surface area contributed by atoms with Gasteiger partial charge in [0.05, 0.1) is 13.0 Å². The molecular weight excluding hydrogens is 322 g/mol. The zero-order chi connectivity index (χ0) is 18.9. The summed E-state index contributed by atoms with van der Waals surface area (Å²) in [4.78, 5) is 34.8. The molecule has 0 fully saturated rings. The molecule has 0 aliphatic rings. The first kappa shape index (κ1) is 20.5. The molecule has 1 rings (SSSR count). The van der Waals surface area contributed by atoms with Gasteiger partial charge in [0.1, 0.15) is 5.60 Å². The van der Waals surface area contributed by atoms with Gasteiger partial charge in [0.15, 0.2) is 0 Å². The molecule has 0 aliphatic carbocycles. The summed E-state index contributed by atoms with van der Waals surface area (Å²) < 4.78 is 5.02. The standard InChI is InChI=1S/C18H27N3O4/c1-13-5-7-14(8-6-13)11-15(22)19-9-10-20-16(23)12-21-17(24)25-18(2,3)4/h5-8H,9-12H2,1-4H3,(H,19,22)(H,20,23)(H,21,24). The molecule has 0 heterocycles. The Balaban J connectivity index is 2.14. The fraction of sp³-hybridized carbons (Fsp3) is 0.500. The molecule has 7 nitrogen and oxygen atoms in total. The van der Waals surface area contributed by atoms with Gasteiger partial charge >= 0.3 is 6.09 Å². The molecule has 0 saturated carbocycles. The van der Waals surface area contributed by atoms with Crippen LogP contribution in [0.15, 0.2) is 24.3 Å². The van der Waals surface area contributed by atoms with Gasteiger partial charge in [-0.15, -0.1) is 0 Å². The minimum atomic E-state index is -0.644. The molecule has 0 unspecified atom stereocenters. The van der Waals surface area contributed by atoms with Crippen molar-refractivity contribution in [3.63, 3.8) is 0 Å². The van der Waals surface area contributed by atoms with Gasteiger partial charge in [0, 0.05) is 13.1 Å². The molecule has 0 aliphatic heterocycles. The van der Waals surface area contributed by atoms with E-state index in [2.05, 4.69) is 16.0 Å². The summed E-state index contributed by atoms with van der Waals surface area (Å²) in [6.07, 6.45) is -0.344. The SMILES string of the molecule is Cc1ccc(CC(=O)NCCNC(=O)CNC(=O)OC(C)(C)C)cc1. The third-order valence-electron chi connectivity index (χ3n) is 3.05. The first-order valence-electron chi connectivity index (χ1n) is 8.21. The molecule has 0 bridgehead atoms. The van der Waals surface area contributed by atoms with Crippen molar-refractivity contribution in [2.75, 3.05) is 19.6 Å². The van der Waals surface area contributed by atoms with Gasteiger partial charge < -0.3 is 20.7 Å². The first-order chi connectivity index (χ1) is 11.7. The van der Waals surface area contributed by atoms with E-state index in [-0.39, 0.29) is 24.9 Å². The van der Waals surface area contributed by atoms with Gasteiger partial charge in [-0.3, -0.25) is 9.59 Å². The van der Waals surface area contributed by atoms with Crippen LogP contribution in [0.4, 0.5) is 4.79 Å². The number of nitrogens with one attached hydrogen (secondary N) is 3. The van der Waals surface area contributed by atoms with Crippen LogP contribution in [0, 0.1) is 6.92 Å². The molecule has 0 saturated heterocycles. The topological polar surface area (TPSA) is 96.5 Å². The predicted molar refractivity (Wildman–Crippen MR) is 95.1 cm³/mol. The second-order valence-electron chi connectivity index (χ2n) is 6.72. The maximum atomic E-state index is 11.8. The number of benzene rings is 1. The van der Waals surface area contributed by atoms with Crippen molar-refractivity contribution in [2.24, 2.45) is 0 Å². The van der Waals surface area contributed by atoms with E-state index in [1.807, 2.05) is 31.2 Å². The molecule has 138 valence electrons. The van der Waals surface area contributed by atoms with E-state index in [4.69, 9.17) is 4.74 Å². The van der Waals surface area contributed by atoms with Crippen molar-refractivity contribution in [2.45, 2.75) is 39.7 Å². The Morgan fingerprint density at radius 1 is 0.920 bits per heavy atom. The van der Waals surface area contributed by atoms with Crippen LogP contribution in [0.2, 0.25) is 0 Å². The number of aryl methyl sites for hydroxylation is 1. The smallest absolute Gasteiger partial charge is 0.408 e. The average molecular weight is 349 g/mol. The van der Waals surface area contributed by atoms with E-state index in [1.54, 1.807) is 20.8 Å². The molecule has 1 aromatic rings. The number of alkyl carbamates (subject to hydrolysis) is 1. The highest BCUT2D eigenvalue weighted by atomic mass is 16.6. The number of carbonyl (C=O) groups is 3. The molecule has 3 amide bonds. The monoisotopic (exact) mass is 349 g/mol. The molecule has 0 radical (unpaired) electrons. The Kier molecular flexibility index (Phi) is 7.91. The Labute approximate surface area is 148 Å². The summed E-state index contributed by atoms with van der Waals surface area (Å²) in [5.74, 6) is -0.455. The van der Waals surface area contributed by atoms with E-state index in [9.17, 15) is 14.4 Å². The van der Waals surface area contributed by atoms with Crippen molar-refractivity contribution in [3.8, 4) is 0 Å². The number of hydrogen-bond acceptors (Lipinski definition) is 4. The lowest BCUT2D eigenvalue weighted by Gasteiger charge is -2.19. The second kappa shape index (κ2) is 9.66. The molecule has 25 heavy (non-hydrogen) atoms. The molecular formula is C18H27N3O4. The van der Waals surface area contributed by atoms with Crippen LogP contribution in [0.25, 0.3) is 0 Å². The van der Waals surface area contributed by atoms with Crippen LogP contribution in [0.1, 0.15) is 31.9 Å². The van der Waals surface area contributed by atoms with Crippen LogP contribution < -0.4 is 16.0 Å². The van der Waals surface area contributed by atoms with Gasteiger partial charge in [-0.05, 0) is 33.3 Å². The van der Waals surface area contributed by atoms with E-state index in [1.165, 1.54) is 0 Å². The second-order valence-corrected chi connectivity index (χ2v) is 6.72. The highest BCUT2D eigenvalue weighted by Crippen LogP contribution is 2.06. The third kappa shape index (κ3) is 10.0. The minimum Gasteiger partial charge on any atom is -0.444 e. The fourth-order valence-electron chi connectivity index (χ4n) is 1.89. The van der Waals surface area contributed by atoms with Gasteiger partial charge in [0.2, 0.25) is 11.8 Å². The van der Waals surface area contributed by atoms with E-state index >= 15 is 0 Å². The quantitative estimate of drug-likeness (QED) is 0.646. The Morgan fingerprint density at radius 3 is 2.04 bits per heavy atom. The van der Waals surface area contributed by atoms with E-state index < -0.39 is 11.7 Å². The van der Waals surface area contributed by atoms with Crippen LogP contribution >= 0.6 is 0 Å². The van der Waals surface area contributed by atoms with Crippen molar-refractivity contribution < 1.29 is 19.1 Å². The molecule has 0 atom stereocenters. The summed E-state index contributed by atoms with van der Waals surface area (Å²) in [5.41, 5.74) is 1.48. The Hall–Kier alpha value is -2.57. The van der Waals surface area contributed by atoms with Gasteiger partial charge in [-0.2, -0.15) is 0 Å². The number of ether oxygens (including phenoxy) is 1. The molecule has 0 spiro atoms. The summed E-state index contributed by atoms with van der Waals surface area (Å²) in [6.45, 7) is 7.65. The zero-order valence-electron chi connectivity index (χ0n) is 15.3. The lowest BCUT2D eigenvalue weighted by Crippen LogP contribution is -2.42. The van der Waals surface area contributed by atoms with Gasteiger partial charge in [-0.1, -0.05) is 29.8 Å². The largest absolute Gasteiger partial charge is 0.444 e. The number of hydrogen-bond donors (Lipinski definition) is 3. The van der Waals surface area contributed by atoms with Crippen LogP contribution in [-0.4, -0.2) is 43.1 Å². The highest BCUT2D eigenvalue weighted by molar-refractivity contribution is 5.82. The van der Waals surface area contributed by atoms with E-state index in [0.717, 1.165) is 11.1 Å². The number of amides is 3. The first-order valence-corrected chi connectivity index (χ1v) is 8.21. The van der Waals surface area contributed by atoms with Crippen LogP contribution in [0.3, 0.4) is 0 Å². The normalized spacial score (nSPS) is 10.7. The summed E-state index contributed by atoms with van der Waals surface area (Å²) in [7, 11) is 0. The minimum absolute atomic E-state index is 0.106. The summed E-state index contributed by atoms with van der Waals surface area (Å²) >= 11 is 0. The van der Waals surface area contributed by atoms with Crippen molar-refractivity contribution in [3.05, 3.63) is 35.4 Å². The Bertz CT molecular complexity index is 591. The summed E-state index contributed by atoms with van der Waals surface area (Å²) in [6, 6.07) is 7.75. The van der Waals surface area contributed by atoms with Crippen molar-refractivity contribution >= 4 is 17.9 Å². The van der Waals surface area contributed by atoms with Gasteiger partial charge in [0.25, 0.3) is 0 Å². The lowest BCUT2D eigenvalue weighted by atomic mass is 10.1. The molecule has 3 N–H and O–H groups in total. The molecule has 0 aromatic heterocycles. The predicted octanol–water partition coefficient (Wildman–Crippen LogP) is 1.29. The van der Waals surface area contributed by atoms with Crippen LogP contribution in [0.5, 0.6) is 0 Å². The molecule has 1 aromatic carbocycles. The van der Waals surface area contributed by atoms with E-state index in [0.29, 0.717) is 13.0 Å². The molecule has 7 heteroatoms.